The molecule has 5 heteroatoms. The number of hydrogen-bond donors (Lipinski definition) is 0. The zero-order valence-electron chi connectivity index (χ0n) is 12.9. The number of aryl methyl sites for hydroxylation is 1. The second-order valence-corrected chi connectivity index (χ2v) is 5.23. The van der Waals surface area contributed by atoms with Crippen molar-refractivity contribution in [3.05, 3.63) is 29.3 Å². The van der Waals surface area contributed by atoms with Gasteiger partial charge in [0.2, 0.25) is 5.91 Å². The van der Waals surface area contributed by atoms with Crippen LogP contribution in [0, 0.1) is 6.92 Å². The molecule has 0 aliphatic carbocycles. The summed E-state index contributed by atoms with van der Waals surface area (Å²) in [6.45, 7) is 6.16. The van der Waals surface area contributed by atoms with E-state index >= 15 is 0 Å². The standard InChI is InChI=1S/C16H22N2O3/c1-4-15(19)17-7-9-18(10-8-17)16(20)13-11-12(2)5-6-14(13)21-3/h5-6,11H,4,7-10H2,1-3H3. The van der Waals surface area contributed by atoms with Gasteiger partial charge in [0.25, 0.3) is 5.91 Å². The number of amides is 2. The molecule has 0 radical (unpaired) electrons. The lowest BCUT2D eigenvalue weighted by atomic mass is 10.1. The molecular formula is C16H22N2O3. The predicted molar refractivity (Wildman–Crippen MR) is 80.5 cm³/mol. The molecule has 2 amide bonds. The number of piperazine rings is 1. The molecule has 0 aromatic heterocycles. The molecule has 0 spiro atoms. The molecule has 5 nitrogen and oxygen atoms in total. The fraction of sp³-hybridized carbons (Fsp3) is 0.500. The van der Waals surface area contributed by atoms with Crippen molar-refractivity contribution in [3.8, 4) is 5.75 Å². The average Bonchev–Trinajstić information content (AvgIpc) is 2.53. The molecule has 1 fully saturated rings. The molecule has 1 aromatic carbocycles. The van der Waals surface area contributed by atoms with Crippen LogP contribution in [0.3, 0.4) is 0 Å². The van der Waals surface area contributed by atoms with Gasteiger partial charge in [0.1, 0.15) is 5.75 Å². The third-order valence-electron chi connectivity index (χ3n) is 3.81. The Morgan fingerprint density at radius 3 is 2.33 bits per heavy atom. The van der Waals surface area contributed by atoms with Crippen LogP contribution in [0.15, 0.2) is 18.2 Å². The van der Waals surface area contributed by atoms with Crippen LogP contribution in [0.1, 0.15) is 29.3 Å². The predicted octanol–water partition coefficient (Wildman–Crippen LogP) is 1.70. The quantitative estimate of drug-likeness (QED) is 0.851. The Kier molecular flexibility index (Phi) is 4.83. The number of ether oxygens (including phenoxy) is 1. The van der Waals surface area contributed by atoms with Crippen LogP contribution in [0.2, 0.25) is 0 Å². The van der Waals surface area contributed by atoms with Crippen LogP contribution in [0.5, 0.6) is 5.75 Å². The normalized spacial score (nSPS) is 15.0. The molecule has 0 N–H and O–H groups in total. The van der Waals surface area contributed by atoms with Crippen molar-refractivity contribution in [2.75, 3.05) is 33.3 Å². The highest BCUT2D eigenvalue weighted by molar-refractivity contribution is 5.97. The monoisotopic (exact) mass is 290 g/mol. The lowest BCUT2D eigenvalue weighted by molar-refractivity contribution is -0.132. The van der Waals surface area contributed by atoms with Gasteiger partial charge in [-0.15, -0.1) is 0 Å². The van der Waals surface area contributed by atoms with Gasteiger partial charge in [0.05, 0.1) is 12.7 Å². The lowest BCUT2D eigenvalue weighted by Crippen LogP contribution is -2.50. The Morgan fingerprint density at radius 1 is 1.14 bits per heavy atom. The number of benzene rings is 1. The molecule has 114 valence electrons. The van der Waals surface area contributed by atoms with Crippen LogP contribution in [0.25, 0.3) is 0 Å². The summed E-state index contributed by atoms with van der Waals surface area (Å²) < 4.78 is 5.28. The lowest BCUT2D eigenvalue weighted by Gasteiger charge is -2.35. The maximum absolute atomic E-state index is 12.6. The van der Waals surface area contributed by atoms with Crippen LogP contribution in [0.4, 0.5) is 0 Å². The summed E-state index contributed by atoms with van der Waals surface area (Å²) in [4.78, 5) is 27.9. The minimum absolute atomic E-state index is 0.0286. The Hall–Kier alpha value is -2.04. The molecule has 0 saturated carbocycles. The molecule has 2 rings (SSSR count). The van der Waals surface area contributed by atoms with Crippen molar-refractivity contribution in [3.63, 3.8) is 0 Å². The SMILES string of the molecule is CCC(=O)N1CCN(C(=O)c2cc(C)ccc2OC)CC1. The van der Waals surface area contributed by atoms with E-state index < -0.39 is 0 Å². The van der Waals surface area contributed by atoms with Crippen molar-refractivity contribution in [1.29, 1.82) is 0 Å². The number of carbonyl (C=O) groups excluding carboxylic acids is 2. The van der Waals surface area contributed by atoms with Gasteiger partial charge in [0, 0.05) is 32.6 Å². The maximum Gasteiger partial charge on any atom is 0.257 e. The average molecular weight is 290 g/mol. The van der Waals surface area contributed by atoms with Gasteiger partial charge in [-0.2, -0.15) is 0 Å². The summed E-state index contributed by atoms with van der Waals surface area (Å²) in [5.41, 5.74) is 1.62. The van der Waals surface area contributed by atoms with E-state index in [2.05, 4.69) is 0 Å². The van der Waals surface area contributed by atoms with Crippen molar-refractivity contribution in [2.24, 2.45) is 0 Å². The van der Waals surface area contributed by atoms with E-state index in [4.69, 9.17) is 4.74 Å². The van der Waals surface area contributed by atoms with Crippen LogP contribution in [-0.2, 0) is 4.79 Å². The van der Waals surface area contributed by atoms with Crippen molar-refractivity contribution >= 4 is 11.8 Å². The molecule has 0 unspecified atom stereocenters. The van der Waals surface area contributed by atoms with Gasteiger partial charge < -0.3 is 14.5 Å². The molecule has 0 atom stereocenters. The van der Waals surface area contributed by atoms with E-state index in [1.807, 2.05) is 36.9 Å². The van der Waals surface area contributed by atoms with Crippen LogP contribution < -0.4 is 4.74 Å². The zero-order valence-corrected chi connectivity index (χ0v) is 12.9. The fourth-order valence-corrected chi connectivity index (χ4v) is 2.54. The second-order valence-electron chi connectivity index (χ2n) is 5.23. The van der Waals surface area contributed by atoms with E-state index in [9.17, 15) is 9.59 Å². The Balaban J connectivity index is 2.09. The number of nitrogens with zero attached hydrogens (tertiary/aromatic N) is 2. The summed E-state index contributed by atoms with van der Waals surface area (Å²) in [7, 11) is 1.57. The number of methoxy groups -OCH3 is 1. The molecule has 21 heavy (non-hydrogen) atoms. The first-order valence-electron chi connectivity index (χ1n) is 7.28. The summed E-state index contributed by atoms with van der Waals surface area (Å²) in [5, 5.41) is 0. The zero-order chi connectivity index (χ0) is 15.4. The van der Waals surface area contributed by atoms with Crippen LogP contribution >= 0.6 is 0 Å². The van der Waals surface area contributed by atoms with E-state index in [0.717, 1.165) is 5.56 Å². The molecule has 1 saturated heterocycles. The Morgan fingerprint density at radius 2 is 1.76 bits per heavy atom. The summed E-state index contributed by atoms with van der Waals surface area (Å²) in [6.07, 6.45) is 0.514. The highest BCUT2D eigenvalue weighted by Crippen LogP contribution is 2.22. The highest BCUT2D eigenvalue weighted by atomic mass is 16.5. The third-order valence-corrected chi connectivity index (χ3v) is 3.81. The van der Waals surface area contributed by atoms with Gasteiger partial charge in [0.15, 0.2) is 0 Å². The second kappa shape index (κ2) is 6.61. The third kappa shape index (κ3) is 3.35. The van der Waals surface area contributed by atoms with E-state index in [-0.39, 0.29) is 11.8 Å². The Bertz CT molecular complexity index is 534. The molecule has 1 aromatic rings. The largest absolute Gasteiger partial charge is 0.496 e. The fourth-order valence-electron chi connectivity index (χ4n) is 2.54. The summed E-state index contributed by atoms with van der Waals surface area (Å²) >= 11 is 0. The van der Waals surface area contributed by atoms with Gasteiger partial charge in [-0.3, -0.25) is 9.59 Å². The highest BCUT2D eigenvalue weighted by Gasteiger charge is 2.25. The van der Waals surface area contributed by atoms with Crippen molar-refractivity contribution in [2.45, 2.75) is 20.3 Å². The van der Waals surface area contributed by atoms with Gasteiger partial charge in [-0.25, -0.2) is 0 Å². The number of rotatable bonds is 3. The smallest absolute Gasteiger partial charge is 0.257 e. The summed E-state index contributed by atoms with van der Waals surface area (Å²) in [6, 6.07) is 5.59. The van der Waals surface area contributed by atoms with Crippen molar-refractivity contribution < 1.29 is 14.3 Å². The first-order chi connectivity index (χ1) is 10.1. The molecule has 1 aliphatic rings. The topological polar surface area (TPSA) is 49.9 Å². The molecule has 0 bridgehead atoms. The molecule has 1 heterocycles. The number of carbonyl (C=O) groups is 2. The maximum atomic E-state index is 12.6. The minimum atomic E-state index is -0.0286. The summed E-state index contributed by atoms with van der Waals surface area (Å²) in [5.74, 6) is 0.715. The van der Waals surface area contributed by atoms with Gasteiger partial charge in [-0.1, -0.05) is 18.6 Å². The van der Waals surface area contributed by atoms with E-state index in [1.165, 1.54) is 0 Å². The molecule has 1 aliphatic heterocycles. The van der Waals surface area contributed by atoms with Crippen LogP contribution in [-0.4, -0.2) is 54.9 Å². The van der Waals surface area contributed by atoms with E-state index in [0.29, 0.717) is 43.9 Å². The van der Waals surface area contributed by atoms with E-state index in [1.54, 1.807) is 12.0 Å². The molecular weight excluding hydrogens is 268 g/mol. The number of hydrogen-bond acceptors (Lipinski definition) is 3. The minimum Gasteiger partial charge on any atom is -0.496 e. The van der Waals surface area contributed by atoms with Gasteiger partial charge >= 0.3 is 0 Å². The van der Waals surface area contributed by atoms with Gasteiger partial charge in [-0.05, 0) is 19.1 Å². The Labute approximate surface area is 125 Å². The van der Waals surface area contributed by atoms with Crippen molar-refractivity contribution in [1.82, 2.24) is 9.80 Å². The first kappa shape index (κ1) is 15.4. The first-order valence-corrected chi connectivity index (χ1v) is 7.28.